The first kappa shape index (κ1) is 18.1. The van der Waals surface area contributed by atoms with E-state index < -0.39 is 17.6 Å². The van der Waals surface area contributed by atoms with Crippen LogP contribution in [0.1, 0.15) is 39.2 Å². The Labute approximate surface area is 155 Å². The van der Waals surface area contributed by atoms with Crippen molar-refractivity contribution in [2.75, 3.05) is 0 Å². The van der Waals surface area contributed by atoms with E-state index in [0.29, 0.717) is 6.42 Å². The van der Waals surface area contributed by atoms with Gasteiger partial charge in [0.15, 0.2) is 11.4 Å². The van der Waals surface area contributed by atoms with E-state index in [2.05, 4.69) is 15.9 Å². The van der Waals surface area contributed by atoms with Gasteiger partial charge in [-0.3, -0.25) is 14.4 Å². The average molecular weight is 408 g/mol. The van der Waals surface area contributed by atoms with Gasteiger partial charge in [0.05, 0.1) is 6.04 Å². The fraction of sp³-hybridized carbons (Fsp3) is 0.526. The minimum Gasteiger partial charge on any atom is -0.450 e. The van der Waals surface area contributed by atoms with Crippen LogP contribution < -0.4 is 0 Å². The molecule has 0 radical (unpaired) electrons. The second-order valence-corrected chi connectivity index (χ2v) is 8.31. The third-order valence-corrected chi connectivity index (χ3v) is 5.53. The highest BCUT2D eigenvalue weighted by atomic mass is 79.9. The van der Waals surface area contributed by atoms with Crippen LogP contribution >= 0.6 is 15.9 Å². The Kier molecular flexibility index (Phi) is 4.75. The van der Waals surface area contributed by atoms with E-state index >= 15 is 0 Å². The molecule has 0 aromatic heterocycles. The molecule has 1 unspecified atom stereocenters. The quantitative estimate of drug-likeness (QED) is 0.719. The maximum absolute atomic E-state index is 13.1. The van der Waals surface area contributed by atoms with Crippen LogP contribution in [0.15, 0.2) is 28.7 Å². The highest BCUT2D eigenvalue weighted by Gasteiger charge is 2.54. The van der Waals surface area contributed by atoms with Gasteiger partial charge in [0, 0.05) is 29.8 Å². The van der Waals surface area contributed by atoms with Crippen LogP contribution in [0.25, 0.3) is 0 Å². The fourth-order valence-electron chi connectivity index (χ4n) is 3.82. The van der Waals surface area contributed by atoms with Crippen molar-refractivity contribution in [3.05, 3.63) is 34.3 Å². The Morgan fingerprint density at radius 1 is 1.32 bits per heavy atom. The van der Waals surface area contributed by atoms with Crippen molar-refractivity contribution in [1.82, 2.24) is 4.90 Å². The van der Waals surface area contributed by atoms with Crippen LogP contribution in [0.5, 0.6) is 0 Å². The third kappa shape index (κ3) is 3.50. The average Bonchev–Trinajstić information content (AvgIpc) is 2.45. The van der Waals surface area contributed by atoms with E-state index in [9.17, 15) is 14.4 Å². The van der Waals surface area contributed by atoms with Crippen molar-refractivity contribution < 1.29 is 19.1 Å². The molecule has 3 fully saturated rings. The number of hydrogen-bond donors (Lipinski definition) is 0. The number of fused-ring (bicyclic) bond motifs is 2. The van der Waals surface area contributed by atoms with E-state index in [-0.39, 0.29) is 23.7 Å². The second kappa shape index (κ2) is 6.56. The first-order valence-corrected chi connectivity index (χ1v) is 9.29. The molecule has 1 atom stereocenters. The van der Waals surface area contributed by atoms with Gasteiger partial charge in [-0.15, -0.1) is 0 Å². The lowest BCUT2D eigenvalue weighted by Gasteiger charge is -2.53. The van der Waals surface area contributed by atoms with E-state index in [1.54, 1.807) is 18.7 Å². The van der Waals surface area contributed by atoms with Crippen LogP contribution in [0.3, 0.4) is 0 Å². The first-order valence-electron chi connectivity index (χ1n) is 8.49. The molecule has 1 aromatic rings. The fourth-order valence-corrected chi connectivity index (χ4v) is 4.26. The summed E-state index contributed by atoms with van der Waals surface area (Å²) in [5.41, 5.74) is -0.276. The summed E-state index contributed by atoms with van der Waals surface area (Å²) in [7, 11) is 0. The molecule has 4 rings (SSSR count). The number of halogens is 1. The molecule has 3 aliphatic rings. The molecule has 1 saturated carbocycles. The number of nitrogens with zero attached hydrogens (tertiary/aromatic N) is 1. The molecule has 1 aliphatic carbocycles. The van der Waals surface area contributed by atoms with Gasteiger partial charge >= 0.3 is 5.97 Å². The predicted molar refractivity (Wildman–Crippen MR) is 95.8 cm³/mol. The number of amides is 1. The lowest BCUT2D eigenvalue weighted by molar-refractivity contribution is -0.179. The van der Waals surface area contributed by atoms with Crippen LogP contribution in [-0.2, 0) is 25.5 Å². The van der Waals surface area contributed by atoms with Crippen molar-refractivity contribution in [1.29, 1.82) is 0 Å². The maximum atomic E-state index is 13.1. The minimum atomic E-state index is -1.27. The van der Waals surface area contributed by atoms with Crippen LogP contribution in [-0.4, -0.2) is 40.2 Å². The van der Waals surface area contributed by atoms with Gasteiger partial charge in [0.1, 0.15) is 0 Å². The Balaban J connectivity index is 1.87. The molecule has 25 heavy (non-hydrogen) atoms. The van der Waals surface area contributed by atoms with Crippen molar-refractivity contribution in [3.63, 3.8) is 0 Å². The van der Waals surface area contributed by atoms with Gasteiger partial charge < -0.3 is 9.64 Å². The first-order chi connectivity index (χ1) is 11.7. The highest BCUT2D eigenvalue weighted by Crippen LogP contribution is 2.42. The third-order valence-electron chi connectivity index (χ3n) is 5.04. The molecule has 1 aromatic carbocycles. The van der Waals surface area contributed by atoms with E-state index in [1.165, 1.54) is 6.92 Å². The number of Topliss-reactive ketones (excluding diaryl/α,β-unsaturated/α-hetero) is 1. The second-order valence-electron chi connectivity index (χ2n) is 7.39. The van der Waals surface area contributed by atoms with Crippen molar-refractivity contribution in [2.24, 2.45) is 5.92 Å². The molecule has 1 amide bonds. The summed E-state index contributed by atoms with van der Waals surface area (Å²) >= 11 is 3.44. The number of esters is 1. The van der Waals surface area contributed by atoms with Crippen LogP contribution in [0.4, 0.5) is 0 Å². The van der Waals surface area contributed by atoms with Gasteiger partial charge in [-0.2, -0.15) is 0 Å². The van der Waals surface area contributed by atoms with Gasteiger partial charge in [-0.1, -0.05) is 28.1 Å². The van der Waals surface area contributed by atoms with Gasteiger partial charge in [0.2, 0.25) is 0 Å². The lowest BCUT2D eigenvalue weighted by Crippen LogP contribution is -2.67. The molecule has 2 heterocycles. The van der Waals surface area contributed by atoms with Crippen molar-refractivity contribution in [3.8, 4) is 0 Å². The zero-order chi connectivity index (χ0) is 18.4. The summed E-state index contributed by atoms with van der Waals surface area (Å²) in [5, 5.41) is 0. The van der Waals surface area contributed by atoms with Crippen LogP contribution in [0, 0.1) is 5.92 Å². The number of carbonyl (C=O) groups is 3. The molecule has 2 aliphatic heterocycles. The van der Waals surface area contributed by atoms with E-state index in [1.807, 2.05) is 24.3 Å². The van der Waals surface area contributed by atoms with Crippen molar-refractivity contribution in [2.45, 2.75) is 57.7 Å². The van der Waals surface area contributed by atoms with Crippen molar-refractivity contribution >= 4 is 33.6 Å². The number of rotatable bonds is 4. The molecule has 5 nitrogen and oxygen atoms in total. The Hall–Kier alpha value is -1.69. The summed E-state index contributed by atoms with van der Waals surface area (Å²) in [5.74, 6) is -0.617. The molecular weight excluding hydrogens is 386 g/mol. The van der Waals surface area contributed by atoms with E-state index in [4.69, 9.17) is 4.74 Å². The smallest absolute Gasteiger partial charge is 0.303 e. The molecular formula is C19H22BrNO4. The standard InChI is InChI=1S/C19H22BrNO4/c1-11(22)25-19(2,3)18(24)21-15-9-13(10-15)17(23)16(21)8-12-5-4-6-14(20)7-12/h4-7,13,15-16H,8-10H2,1-3H3. The Morgan fingerprint density at radius 2 is 2.00 bits per heavy atom. The van der Waals surface area contributed by atoms with Gasteiger partial charge in [-0.25, -0.2) is 0 Å². The zero-order valence-corrected chi connectivity index (χ0v) is 16.2. The summed E-state index contributed by atoms with van der Waals surface area (Å²) in [6.45, 7) is 4.46. The Bertz CT molecular complexity index is 724. The SMILES string of the molecule is CC(=O)OC(C)(C)C(=O)N1C2CC(C2)C(=O)C1Cc1cccc(Br)c1. The summed E-state index contributed by atoms with van der Waals surface area (Å²) in [6, 6.07) is 7.33. The van der Waals surface area contributed by atoms with Crippen LogP contribution in [0.2, 0.25) is 0 Å². The molecule has 134 valence electrons. The summed E-state index contributed by atoms with van der Waals surface area (Å²) in [6.07, 6.45) is 1.92. The molecule has 2 bridgehead atoms. The lowest BCUT2D eigenvalue weighted by atomic mass is 9.68. The number of ether oxygens (including phenoxy) is 1. The minimum absolute atomic E-state index is 0.0576. The Morgan fingerprint density at radius 3 is 2.60 bits per heavy atom. The normalized spacial score (nSPS) is 25.4. The summed E-state index contributed by atoms with van der Waals surface area (Å²) in [4.78, 5) is 38.9. The molecule has 0 N–H and O–H groups in total. The number of piperidine rings is 2. The molecule has 0 spiro atoms. The van der Waals surface area contributed by atoms with E-state index in [0.717, 1.165) is 22.9 Å². The highest BCUT2D eigenvalue weighted by molar-refractivity contribution is 9.10. The number of ketones is 1. The molecule has 6 heteroatoms. The number of benzene rings is 1. The maximum Gasteiger partial charge on any atom is 0.303 e. The van der Waals surface area contributed by atoms with Gasteiger partial charge in [0.25, 0.3) is 5.91 Å². The number of hydrogen-bond acceptors (Lipinski definition) is 4. The molecule has 2 saturated heterocycles. The summed E-state index contributed by atoms with van der Waals surface area (Å²) < 4.78 is 6.16. The monoisotopic (exact) mass is 407 g/mol. The topological polar surface area (TPSA) is 63.7 Å². The van der Waals surface area contributed by atoms with Gasteiger partial charge in [-0.05, 0) is 44.4 Å². The number of carbonyl (C=O) groups excluding carboxylic acids is 3. The predicted octanol–water partition coefficient (Wildman–Crippen LogP) is 2.89. The largest absolute Gasteiger partial charge is 0.450 e. The zero-order valence-electron chi connectivity index (χ0n) is 14.6.